The maximum absolute atomic E-state index is 12.2. The van der Waals surface area contributed by atoms with Gasteiger partial charge in [-0.2, -0.15) is 0 Å². The van der Waals surface area contributed by atoms with E-state index in [1.165, 1.54) is 0 Å². The van der Waals surface area contributed by atoms with Crippen molar-refractivity contribution in [2.24, 2.45) is 11.7 Å². The van der Waals surface area contributed by atoms with Gasteiger partial charge in [0.25, 0.3) is 5.91 Å². The third-order valence-corrected chi connectivity index (χ3v) is 4.11. The second kappa shape index (κ2) is 10.9. The summed E-state index contributed by atoms with van der Waals surface area (Å²) in [5, 5.41) is 5.87. The lowest BCUT2D eigenvalue weighted by Gasteiger charge is -2.13. The number of carbonyl (C=O) groups excluding carboxylic acids is 2. The minimum absolute atomic E-state index is 0. The van der Waals surface area contributed by atoms with E-state index in [2.05, 4.69) is 10.6 Å². The molecule has 1 unspecified atom stereocenters. The predicted octanol–water partition coefficient (Wildman–Crippen LogP) is 4.18. The minimum Gasteiger partial charge on any atom is -0.352 e. The number of carbonyl (C=O) groups is 2. The molecule has 0 radical (unpaired) electrons. The molecule has 146 valence electrons. The van der Waals surface area contributed by atoms with E-state index >= 15 is 0 Å². The van der Waals surface area contributed by atoms with Crippen molar-refractivity contribution >= 4 is 41.5 Å². The van der Waals surface area contributed by atoms with Crippen LogP contribution < -0.4 is 16.4 Å². The van der Waals surface area contributed by atoms with Gasteiger partial charge in [0.1, 0.15) is 0 Å². The molecule has 2 rings (SSSR count). The highest BCUT2D eigenvalue weighted by Crippen LogP contribution is 2.22. The first-order chi connectivity index (χ1) is 12.4. The Morgan fingerprint density at radius 3 is 2.37 bits per heavy atom. The predicted molar refractivity (Wildman–Crippen MR) is 112 cm³/mol. The van der Waals surface area contributed by atoms with Crippen LogP contribution in [-0.4, -0.2) is 18.4 Å². The molecule has 5 nitrogen and oxygen atoms in total. The summed E-state index contributed by atoms with van der Waals surface area (Å²) in [5.74, 6) is -0.0905. The van der Waals surface area contributed by atoms with E-state index in [1.807, 2.05) is 44.2 Å². The Bertz CT molecular complexity index is 767. The van der Waals surface area contributed by atoms with Crippen LogP contribution in [0.15, 0.2) is 48.5 Å². The van der Waals surface area contributed by atoms with Crippen LogP contribution in [0.25, 0.3) is 0 Å². The fraction of sp³-hybridized carbons (Fsp3) is 0.300. The van der Waals surface area contributed by atoms with E-state index < -0.39 is 0 Å². The van der Waals surface area contributed by atoms with Gasteiger partial charge in [0.15, 0.2) is 0 Å². The molecule has 0 saturated carbocycles. The number of nitrogens with two attached hydrogens (primary N) is 1. The Hall–Kier alpha value is -2.08. The van der Waals surface area contributed by atoms with Gasteiger partial charge in [-0.15, -0.1) is 12.4 Å². The van der Waals surface area contributed by atoms with Crippen molar-refractivity contribution in [3.05, 3.63) is 64.7 Å². The lowest BCUT2D eigenvalue weighted by molar-refractivity contribution is -0.116. The molecule has 0 aromatic heterocycles. The van der Waals surface area contributed by atoms with E-state index in [0.717, 1.165) is 5.56 Å². The number of hydrogen-bond acceptors (Lipinski definition) is 3. The summed E-state index contributed by atoms with van der Waals surface area (Å²) in [6, 6.07) is 13.9. The molecule has 7 heteroatoms. The van der Waals surface area contributed by atoms with E-state index in [-0.39, 0.29) is 41.7 Å². The normalized spacial score (nSPS) is 11.4. The molecule has 0 bridgehead atoms. The Morgan fingerprint density at radius 2 is 1.78 bits per heavy atom. The van der Waals surface area contributed by atoms with Gasteiger partial charge in [-0.05, 0) is 29.7 Å². The number of hydrogen-bond donors (Lipinski definition) is 3. The van der Waals surface area contributed by atoms with Gasteiger partial charge < -0.3 is 16.4 Å². The molecule has 2 aromatic rings. The number of benzene rings is 2. The first kappa shape index (κ1) is 23.0. The Morgan fingerprint density at radius 1 is 1.11 bits per heavy atom. The van der Waals surface area contributed by atoms with Crippen molar-refractivity contribution in [2.45, 2.75) is 26.3 Å². The van der Waals surface area contributed by atoms with Crippen LogP contribution in [0.4, 0.5) is 5.69 Å². The van der Waals surface area contributed by atoms with Crippen molar-refractivity contribution in [2.75, 3.05) is 11.9 Å². The fourth-order valence-electron chi connectivity index (χ4n) is 2.40. The third-order valence-electron chi connectivity index (χ3n) is 3.80. The zero-order chi connectivity index (χ0) is 19.1. The number of halogens is 2. The maximum Gasteiger partial charge on any atom is 0.252 e. The van der Waals surface area contributed by atoms with E-state index in [4.69, 9.17) is 17.3 Å². The molecule has 0 saturated heterocycles. The quantitative estimate of drug-likeness (QED) is 0.641. The highest BCUT2D eigenvalue weighted by atomic mass is 35.5. The minimum atomic E-state index is -0.382. The van der Waals surface area contributed by atoms with Gasteiger partial charge in [-0.3, -0.25) is 9.59 Å². The Labute approximate surface area is 171 Å². The molecular weight excluding hydrogens is 385 g/mol. The van der Waals surface area contributed by atoms with Crippen LogP contribution in [-0.2, 0) is 4.79 Å². The average molecular weight is 410 g/mol. The van der Waals surface area contributed by atoms with Gasteiger partial charge in [0.2, 0.25) is 5.91 Å². The topological polar surface area (TPSA) is 84.2 Å². The van der Waals surface area contributed by atoms with Crippen molar-refractivity contribution in [3.8, 4) is 0 Å². The average Bonchev–Trinajstić information content (AvgIpc) is 2.60. The van der Waals surface area contributed by atoms with Gasteiger partial charge in [0, 0.05) is 24.7 Å². The smallest absolute Gasteiger partial charge is 0.252 e. The summed E-state index contributed by atoms with van der Waals surface area (Å²) in [7, 11) is 0. The van der Waals surface area contributed by atoms with Crippen molar-refractivity contribution in [1.82, 2.24) is 5.32 Å². The van der Waals surface area contributed by atoms with E-state index in [0.29, 0.717) is 23.7 Å². The second-order valence-electron chi connectivity index (χ2n) is 6.57. The SMILES string of the molecule is CC(C)CNC(=O)c1ccc(NC(=O)CC(N)c2ccccc2)cc1Cl.Cl. The van der Waals surface area contributed by atoms with Gasteiger partial charge in [-0.25, -0.2) is 0 Å². The number of rotatable bonds is 7. The van der Waals surface area contributed by atoms with Crippen LogP contribution in [0.1, 0.15) is 42.2 Å². The van der Waals surface area contributed by atoms with Crippen LogP contribution >= 0.6 is 24.0 Å². The summed E-state index contributed by atoms with van der Waals surface area (Å²) >= 11 is 6.19. The van der Waals surface area contributed by atoms with Gasteiger partial charge in [0.05, 0.1) is 10.6 Å². The molecule has 1 atom stereocenters. The molecule has 0 heterocycles. The van der Waals surface area contributed by atoms with Crippen LogP contribution in [0.5, 0.6) is 0 Å². The fourth-order valence-corrected chi connectivity index (χ4v) is 2.67. The zero-order valence-electron chi connectivity index (χ0n) is 15.4. The Balaban J connectivity index is 0.00000364. The second-order valence-corrected chi connectivity index (χ2v) is 6.98. The molecule has 2 aromatic carbocycles. The van der Waals surface area contributed by atoms with E-state index in [1.54, 1.807) is 18.2 Å². The summed E-state index contributed by atoms with van der Waals surface area (Å²) in [6.45, 7) is 4.60. The summed E-state index contributed by atoms with van der Waals surface area (Å²) in [5.41, 5.74) is 7.87. The van der Waals surface area contributed by atoms with Crippen molar-refractivity contribution < 1.29 is 9.59 Å². The standard InChI is InChI=1S/C20H24ClN3O2.ClH/c1-13(2)12-23-20(26)16-9-8-15(10-17(16)21)24-19(25)11-18(22)14-6-4-3-5-7-14;/h3-10,13,18H,11-12,22H2,1-2H3,(H,23,26)(H,24,25);1H. The maximum atomic E-state index is 12.2. The highest BCUT2D eigenvalue weighted by molar-refractivity contribution is 6.34. The van der Waals surface area contributed by atoms with Crippen LogP contribution in [0.2, 0.25) is 5.02 Å². The molecule has 0 aliphatic rings. The molecule has 0 fully saturated rings. The molecule has 2 amide bonds. The Kier molecular flexibility index (Phi) is 9.29. The molecule has 4 N–H and O–H groups in total. The summed E-state index contributed by atoms with van der Waals surface area (Å²) in [4.78, 5) is 24.3. The van der Waals surface area contributed by atoms with Gasteiger partial charge >= 0.3 is 0 Å². The molecular formula is C20H25Cl2N3O2. The largest absolute Gasteiger partial charge is 0.352 e. The van der Waals surface area contributed by atoms with Gasteiger partial charge in [-0.1, -0.05) is 55.8 Å². The van der Waals surface area contributed by atoms with Crippen LogP contribution in [0, 0.1) is 5.92 Å². The first-order valence-corrected chi connectivity index (χ1v) is 8.92. The molecule has 27 heavy (non-hydrogen) atoms. The molecule has 0 aliphatic heterocycles. The van der Waals surface area contributed by atoms with Crippen LogP contribution in [0.3, 0.4) is 0 Å². The highest BCUT2D eigenvalue weighted by Gasteiger charge is 2.14. The van der Waals surface area contributed by atoms with E-state index in [9.17, 15) is 9.59 Å². The number of anilines is 1. The molecule has 0 spiro atoms. The monoisotopic (exact) mass is 409 g/mol. The lowest BCUT2D eigenvalue weighted by atomic mass is 10.0. The zero-order valence-corrected chi connectivity index (χ0v) is 16.9. The lowest BCUT2D eigenvalue weighted by Crippen LogP contribution is -2.27. The molecule has 0 aliphatic carbocycles. The number of amides is 2. The van der Waals surface area contributed by atoms with Crippen molar-refractivity contribution in [1.29, 1.82) is 0 Å². The summed E-state index contributed by atoms with van der Waals surface area (Å²) in [6.07, 6.45) is 0.151. The number of nitrogens with one attached hydrogen (secondary N) is 2. The third kappa shape index (κ3) is 7.21. The first-order valence-electron chi connectivity index (χ1n) is 8.55. The summed E-state index contributed by atoms with van der Waals surface area (Å²) < 4.78 is 0. The van der Waals surface area contributed by atoms with Crippen molar-refractivity contribution in [3.63, 3.8) is 0 Å².